The SMILES string of the molecule is CC(C)C(NC(=O)c1c(F)cccc1F)C(=O)Nc1ccc2c(c1)OCCO2. The highest BCUT2D eigenvalue weighted by Gasteiger charge is 2.27. The van der Waals surface area contributed by atoms with Gasteiger partial charge in [0, 0.05) is 11.8 Å². The number of anilines is 1. The van der Waals surface area contributed by atoms with Gasteiger partial charge in [0.15, 0.2) is 11.5 Å². The Bertz CT molecular complexity index is 882. The molecule has 2 aromatic carbocycles. The first-order valence-corrected chi connectivity index (χ1v) is 8.82. The quantitative estimate of drug-likeness (QED) is 0.823. The van der Waals surface area contributed by atoms with Crippen molar-refractivity contribution in [3.8, 4) is 11.5 Å². The molecular formula is C20H20F2N2O4. The number of fused-ring (bicyclic) bond motifs is 1. The molecule has 1 aliphatic rings. The van der Waals surface area contributed by atoms with Gasteiger partial charge >= 0.3 is 0 Å². The number of hydrogen-bond donors (Lipinski definition) is 2. The maximum Gasteiger partial charge on any atom is 0.257 e. The van der Waals surface area contributed by atoms with E-state index in [1.54, 1.807) is 32.0 Å². The average Bonchev–Trinajstić information content (AvgIpc) is 2.65. The molecular weight excluding hydrogens is 370 g/mol. The van der Waals surface area contributed by atoms with Crippen molar-refractivity contribution in [1.82, 2.24) is 5.32 Å². The normalized spacial score (nSPS) is 13.8. The smallest absolute Gasteiger partial charge is 0.257 e. The molecule has 148 valence electrons. The lowest BCUT2D eigenvalue weighted by Crippen LogP contribution is -2.47. The van der Waals surface area contributed by atoms with Gasteiger partial charge in [0.1, 0.15) is 36.5 Å². The van der Waals surface area contributed by atoms with E-state index in [9.17, 15) is 18.4 Å². The van der Waals surface area contributed by atoms with Crippen molar-refractivity contribution in [2.75, 3.05) is 18.5 Å². The predicted octanol–water partition coefficient (Wildman–Crippen LogP) is 3.13. The molecule has 2 N–H and O–H groups in total. The number of carbonyl (C=O) groups excluding carboxylic acids is 2. The van der Waals surface area contributed by atoms with Crippen LogP contribution in [-0.2, 0) is 4.79 Å². The van der Waals surface area contributed by atoms with Crippen LogP contribution in [0, 0.1) is 17.6 Å². The molecule has 0 saturated heterocycles. The number of benzene rings is 2. The van der Waals surface area contributed by atoms with Gasteiger partial charge in [0.05, 0.1) is 0 Å². The van der Waals surface area contributed by atoms with Gasteiger partial charge in [0.2, 0.25) is 5.91 Å². The van der Waals surface area contributed by atoms with Crippen molar-refractivity contribution in [3.63, 3.8) is 0 Å². The molecule has 8 heteroatoms. The van der Waals surface area contributed by atoms with Gasteiger partial charge in [-0.3, -0.25) is 9.59 Å². The molecule has 0 fully saturated rings. The van der Waals surface area contributed by atoms with Crippen LogP contribution >= 0.6 is 0 Å². The van der Waals surface area contributed by atoms with Crippen molar-refractivity contribution in [1.29, 1.82) is 0 Å². The second-order valence-electron chi connectivity index (χ2n) is 6.64. The molecule has 0 spiro atoms. The second-order valence-corrected chi connectivity index (χ2v) is 6.64. The summed E-state index contributed by atoms with van der Waals surface area (Å²) in [6.07, 6.45) is 0. The molecule has 0 aliphatic carbocycles. The summed E-state index contributed by atoms with van der Waals surface area (Å²) >= 11 is 0. The van der Waals surface area contributed by atoms with Crippen molar-refractivity contribution in [3.05, 3.63) is 53.6 Å². The summed E-state index contributed by atoms with van der Waals surface area (Å²) in [5.74, 6) is -2.74. The number of rotatable bonds is 5. The van der Waals surface area contributed by atoms with E-state index in [1.807, 2.05) is 0 Å². The van der Waals surface area contributed by atoms with Gasteiger partial charge in [-0.2, -0.15) is 0 Å². The molecule has 1 atom stereocenters. The molecule has 2 amide bonds. The van der Waals surface area contributed by atoms with E-state index in [-0.39, 0.29) is 5.92 Å². The van der Waals surface area contributed by atoms with Crippen molar-refractivity contribution in [2.24, 2.45) is 5.92 Å². The molecule has 2 aromatic rings. The first kappa shape index (κ1) is 19.6. The molecule has 0 saturated carbocycles. The van der Waals surface area contributed by atoms with Gasteiger partial charge in [-0.15, -0.1) is 0 Å². The summed E-state index contributed by atoms with van der Waals surface area (Å²) in [7, 11) is 0. The lowest BCUT2D eigenvalue weighted by atomic mass is 10.0. The Morgan fingerprint density at radius 1 is 1.00 bits per heavy atom. The third-order valence-electron chi connectivity index (χ3n) is 4.24. The van der Waals surface area contributed by atoms with E-state index in [1.165, 1.54) is 0 Å². The standard InChI is InChI=1S/C20H20F2N2O4/c1-11(2)18(24-19(25)17-13(21)4-3-5-14(17)22)20(26)23-12-6-7-15-16(10-12)28-9-8-27-15/h3-7,10-11,18H,8-9H2,1-2H3,(H,23,26)(H,24,25). The third kappa shape index (κ3) is 4.21. The van der Waals surface area contributed by atoms with E-state index in [0.29, 0.717) is 30.4 Å². The van der Waals surface area contributed by atoms with Crippen LogP contribution in [-0.4, -0.2) is 31.1 Å². The van der Waals surface area contributed by atoms with E-state index < -0.39 is 35.1 Å². The van der Waals surface area contributed by atoms with E-state index in [2.05, 4.69) is 10.6 Å². The summed E-state index contributed by atoms with van der Waals surface area (Å²) in [6, 6.07) is 7.05. The molecule has 1 aliphatic heterocycles. The largest absolute Gasteiger partial charge is 0.486 e. The van der Waals surface area contributed by atoms with Crippen LogP contribution in [0.1, 0.15) is 24.2 Å². The van der Waals surface area contributed by atoms with Gasteiger partial charge in [-0.05, 0) is 30.2 Å². The Balaban J connectivity index is 1.75. The minimum Gasteiger partial charge on any atom is -0.486 e. The van der Waals surface area contributed by atoms with Crippen LogP contribution in [0.2, 0.25) is 0 Å². The Morgan fingerprint density at radius 3 is 2.29 bits per heavy atom. The number of carbonyl (C=O) groups is 2. The summed E-state index contributed by atoms with van der Waals surface area (Å²) < 4.78 is 38.6. The first-order valence-electron chi connectivity index (χ1n) is 8.82. The second kappa shape index (κ2) is 8.24. The van der Waals surface area contributed by atoms with E-state index in [4.69, 9.17) is 9.47 Å². The minimum atomic E-state index is -1.00. The molecule has 3 rings (SSSR count). The summed E-state index contributed by atoms with van der Waals surface area (Å²) in [6.45, 7) is 4.29. The molecule has 1 heterocycles. The Labute approximate surface area is 160 Å². The van der Waals surface area contributed by atoms with Crippen LogP contribution in [0.3, 0.4) is 0 Å². The lowest BCUT2D eigenvalue weighted by molar-refractivity contribution is -0.118. The predicted molar refractivity (Wildman–Crippen MR) is 98.5 cm³/mol. The number of hydrogen-bond acceptors (Lipinski definition) is 4. The van der Waals surface area contributed by atoms with Crippen LogP contribution in [0.5, 0.6) is 11.5 Å². The highest BCUT2D eigenvalue weighted by atomic mass is 19.1. The van der Waals surface area contributed by atoms with E-state index in [0.717, 1.165) is 18.2 Å². The number of ether oxygens (including phenoxy) is 2. The molecule has 28 heavy (non-hydrogen) atoms. The lowest BCUT2D eigenvalue weighted by Gasteiger charge is -2.23. The number of halogens is 2. The topological polar surface area (TPSA) is 76.7 Å². The van der Waals surface area contributed by atoms with Gasteiger partial charge in [-0.1, -0.05) is 19.9 Å². The van der Waals surface area contributed by atoms with Crippen molar-refractivity contribution >= 4 is 17.5 Å². The average molecular weight is 390 g/mol. The van der Waals surface area contributed by atoms with E-state index >= 15 is 0 Å². The maximum absolute atomic E-state index is 13.8. The molecule has 6 nitrogen and oxygen atoms in total. The summed E-state index contributed by atoms with van der Waals surface area (Å²) in [5.41, 5.74) is -0.272. The zero-order chi connectivity index (χ0) is 20.3. The highest BCUT2D eigenvalue weighted by molar-refractivity contribution is 6.01. The van der Waals surface area contributed by atoms with Crippen LogP contribution in [0.15, 0.2) is 36.4 Å². The first-order chi connectivity index (χ1) is 13.4. The van der Waals surface area contributed by atoms with Crippen LogP contribution in [0.4, 0.5) is 14.5 Å². The zero-order valence-corrected chi connectivity index (χ0v) is 15.4. The summed E-state index contributed by atoms with van der Waals surface area (Å²) in [5, 5.41) is 5.09. The monoisotopic (exact) mass is 390 g/mol. The fourth-order valence-corrected chi connectivity index (χ4v) is 2.80. The van der Waals surface area contributed by atoms with Gasteiger partial charge < -0.3 is 20.1 Å². The zero-order valence-electron chi connectivity index (χ0n) is 15.4. The molecule has 0 bridgehead atoms. The number of amides is 2. The third-order valence-corrected chi connectivity index (χ3v) is 4.24. The Kier molecular flexibility index (Phi) is 5.77. The Morgan fingerprint density at radius 2 is 1.64 bits per heavy atom. The fraction of sp³-hybridized carbons (Fsp3) is 0.300. The highest BCUT2D eigenvalue weighted by Crippen LogP contribution is 2.32. The fourth-order valence-electron chi connectivity index (χ4n) is 2.80. The summed E-state index contributed by atoms with van der Waals surface area (Å²) in [4.78, 5) is 25.0. The van der Waals surface area contributed by atoms with Crippen molar-refractivity contribution in [2.45, 2.75) is 19.9 Å². The van der Waals surface area contributed by atoms with Crippen LogP contribution < -0.4 is 20.1 Å². The van der Waals surface area contributed by atoms with Gasteiger partial charge in [-0.25, -0.2) is 8.78 Å². The maximum atomic E-state index is 13.8. The molecule has 0 aromatic heterocycles. The minimum absolute atomic E-state index is 0.323. The van der Waals surface area contributed by atoms with Gasteiger partial charge in [0.25, 0.3) is 5.91 Å². The Hall–Kier alpha value is -3.16. The van der Waals surface area contributed by atoms with Crippen LogP contribution in [0.25, 0.3) is 0 Å². The number of nitrogens with one attached hydrogen (secondary N) is 2. The van der Waals surface area contributed by atoms with Crippen molar-refractivity contribution < 1.29 is 27.8 Å². The molecule has 0 radical (unpaired) electrons. The molecule has 1 unspecified atom stereocenters.